The van der Waals surface area contributed by atoms with E-state index in [0.29, 0.717) is 12.0 Å². The highest BCUT2D eigenvalue weighted by atomic mass is 15.1. The molecule has 2 nitrogen and oxygen atoms in total. The van der Waals surface area contributed by atoms with Crippen molar-refractivity contribution < 1.29 is 0 Å². The summed E-state index contributed by atoms with van der Waals surface area (Å²) in [6.45, 7) is 9.06. The zero-order valence-electron chi connectivity index (χ0n) is 13.4. The minimum Gasteiger partial charge on any atom is -0.332 e. The number of nitrogens with zero attached hydrogens (tertiary/aromatic N) is 2. The van der Waals surface area contributed by atoms with Crippen molar-refractivity contribution in [3.63, 3.8) is 0 Å². The first kappa shape index (κ1) is 16.3. The van der Waals surface area contributed by atoms with Crippen LogP contribution in [0.15, 0.2) is 12.5 Å². The molecular weight excluding hydrogens is 232 g/mol. The summed E-state index contributed by atoms with van der Waals surface area (Å²) in [7, 11) is 0. The smallest absolute Gasteiger partial charge is 0.0950 e. The first-order chi connectivity index (χ1) is 9.20. The van der Waals surface area contributed by atoms with Gasteiger partial charge in [0.15, 0.2) is 0 Å². The van der Waals surface area contributed by atoms with Gasteiger partial charge in [0.05, 0.1) is 6.33 Å². The maximum atomic E-state index is 4.37. The third kappa shape index (κ3) is 5.38. The molecule has 0 aliphatic heterocycles. The SMILES string of the molecule is CCCCCCCC(CCC)c1cncn1C(C)C. The third-order valence-electron chi connectivity index (χ3n) is 3.96. The summed E-state index contributed by atoms with van der Waals surface area (Å²) in [5.41, 5.74) is 1.45. The molecule has 2 heteroatoms. The third-order valence-corrected chi connectivity index (χ3v) is 3.96. The highest BCUT2D eigenvalue weighted by Crippen LogP contribution is 2.28. The molecule has 0 aromatic carbocycles. The van der Waals surface area contributed by atoms with Crippen molar-refractivity contribution in [3.05, 3.63) is 18.2 Å². The van der Waals surface area contributed by atoms with Gasteiger partial charge in [-0.3, -0.25) is 0 Å². The van der Waals surface area contributed by atoms with Crippen molar-refractivity contribution in [2.24, 2.45) is 0 Å². The zero-order valence-corrected chi connectivity index (χ0v) is 13.4. The lowest BCUT2D eigenvalue weighted by atomic mass is 9.93. The predicted octanol–water partition coefficient (Wildman–Crippen LogP) is 5.71. The second-order valence-electron chi connectivity index (χ2n) is 6.01. The molecule has 0 aliphatic rings. The van der Waals surface area contributed by atoms with Gasteiger partial charge in [-0.05, 0) is 26.7 Å². The molecule has 1 atom stereocenters. The van der Waals surface area contributed by atoms with Gasteiger partial charge in [0, 0.05) is 23.9 Å². The van der Waals surface area contributed by atoms with Gasteiger partial charge in [-0.1, -0.05) is 52.4 Å². The van der Waals surface area contributed by atoms with Gasteiger partial charge in [-0.25, -0.2) is 4.98 Å². The van der Waals surface area contributed by atoms with E-state index < -0.39 is 0 Å². The molecule has 0 spiro atoms. The maximum absolute atomic E-state index is 4.37. The molecule has 19 heavy (non-hydrogen) atoms. The fraction of sp³-hybridized carbons (Fsp3) is 0.824. The molecule has 0 N–H and O–H groups in total. The largest absolute Gasteiger partial charge is 0.332 e. The van der Waals surface area contributed by atoms with E-state index in [1.807, 2.05) is 6.33 Å². The molecular formula is C17H32N2. The zero-order chi connectivity index (χ0) is 14.1. The van der Waals surface area contributed by atoms with Crippen molar-refractivity contribution in [1.82, 2.24) is 9.55 Å². The van der Waals surface area contributed by atoms with Crippen molar-refractivity contribution in [1.29, 1.82) is 0 Å². The van der Waals surface area contributed by atoms with Crippen LogP contribution in [-0.4, -0.2) is 9.55 Å². The Bertz CT molecular complexity index is 328. The molecule has 0 aliphatic carbocycles. The molecule has 0 saturated carbocycles. The first-order valence-electron chi connectivity index (χ1n) is 8.22. The average molecular weight is 264 g/mol. The summed E-state index contributed by atoms with van der Waals surface area (Å²) in [5.74, 6) is 0.705. The molecule has 0 amide bonds. The number of hydrogen-bond acceptors (Lipinski definition) is 1. The number of unbranched alkanes of at least 4 members (excludes halogenated alkanes) is 4. The van der Waals surface area contributed by atoms with Gasteiger partial charge in [-0.15, -0.1) is 0 Å². The van der Waals surface area contributed by atoms with E-state index in [-0.39, 0.29) is 0 Å². The van der Waals surface area contributed by atoms with Crippen molar-refractivity contribution >= 4 is 0 Å². The second-order valence-corrected chi connectivity index (χ2v) is 6.01. The van der Waals surface area contributed by atoms with E-state index in [9.17, 15) is 0 Å². The van der Waals surface area contributed by atoms with Crippen LogP contribution in [0.4, 0.5) is 0 Å². The van der Waals surface area contributed by atoms with E-state index in [1.165, 1.54) is 57.1 Å². The summed E-state index contributed by atoms with van der Waals surface area (Å²) in [5, 5.41) is 0. The van der Waals surface area contributed by atoms with E-state index >= 15 is 0 Å². The average Bonchev–Trinajstić information content (AvgIpc) is 2.86. The van der Waals surface area contributed by atoms with Gasteiger partial charge in [0.1, 0.15) is 0 Å². The van der Waals surface area contributed by atoms with Crippen LogP contribution in [0.3, 0.4) is 0 Å². The summed E-state index contributed by atoms with van der Waals surface area (Å²) in [6.07, 6.45) is 14.9. The molecule has 0 saturated heterocycles. The Morgan fingerprint density at radius 2 is 1.74 bits per heavy atom. The summed E-state index contributed by atoms with van der Waals surface area (Å²) in [6, 6.07) is 0.525. The Hall–Kier alpha value is -0.790. The van der Waals surface area contributed by atoms with Crippen LogP contribution in [0.1, 0.15) is 96.7 Å². The summed E-state index contributed by atoms with van der Waals surface area (Å²) in [4.78, 5) is 4.37. The molecule has 1 heterocycles. The van der Waals surface area contributed by atoms with E-state index in [1.54, 1.807) is 0 Å². The topological polar surface area (TPSA) is 17.8 Å². The Morgan fingerprint density at radius 3 is 2.37 bits per heavy atom. The van der Waals surface area contributed by atoms with Crippen LogP contribution in [0.2, 0.25) is 0 Å². The van der Waals surface area contributed by atoms with Crippen LogP contribution < -0.4 is 0 Å². The molecule has 1 aromatic heterocycles. The molecule has 110 valence electrons. The van der Waals surface area contributed by atoms with Crippen molar-refractivity contribution in [2.75, 3.05) is 0 Å². The van der Waals surface area contributed by atoms with Crippen LogP contribution in [0.5, 0.6) is 0 Å². The van der Waals surface area contributed by atoms with E-state index in [2.05, 4.69) is 43.4 Å². The van der Waals surface area contributed by atoms with E-state index in [4.69, 9.17) is 0 Å². The lowest BCUT2D eigenvalue weighted by Crippen LogP contribution is -2.09. The Morgan fingerprint density at radius 1 is 1.00 bits per heavy atom. The summed E-state index contributed by atoms with van der Waals surface area (Å²) >= 11 is 0. The normalized spacial score (nSPS) is 13.1. The number of hydrogen-bond donors (Lipinski definition) is 0. The van der Waals surface area contributed by atoms with Gasteiger partial charge >= 0.3 is 0 Å². The minimum absolute atomic E-state index is 0.525. The van der Waals surface area contributed by atoms with Gasteiger partial charge in [0.25, 0.3) is 0 Å². The fourth-order valence-electron chi connectivity index (χ4n) is 2.85. The lowest BCUT2D eigenvalue weighted by molar-refractivity contribution is 0.470. The molecule has 1 unspecified atom stereocenters. The molecule has 0 fully saturated rings. The number of aromatic nitrogens is 2. The van der Waals surface area contributed by atoms with Crippen molar-refractivity contribution in [3.8, 4) is 0 Å². The van der Waals surface area contributed by atoms with Gasteiger partial charge in [-0.2, -0.15) is 0 Å². The van der Waals surface area contributed by atoms with E-state index in [0.717, 1.165) is 0 Å². The highest BCUT2D eigenvalue weighted by molar-refractivity contribution is 5.07. The van der Waals surface area contributed by atoms with Gasteiger partial charge in [0.2, 0.25) is 0 Å². The predicted molar refractivity (Wildman–Crippen MR) is 83.6 cm³/mol. The number of imidazole rings is 1. The standard InChI is InChI=1S/C17H32N2/c1-5-7-8-9-10-12-16(11-6-2)17-13-18-14-19(17)15(3)4/h13-16H,5-12H2,1-4H3. The second kappa shape index (κ2) is 9.17. The Kier molecular flexibility index (Phi) is 7.85. The monoisotopic (exact) mass is 264 g/mol. The fourth-order valence-corrected chi connectivity index (χ4v) is 2.85. The Balaban J connectivity index is 2.53. The van der Waals surface area contributed by atoms with Crippen LogP contribution in [0, 0.1) is 0 Å². The van der Waals surface area contributed by atoms with Crippen molar-refractivity contribution in [2.45, 2.75) is 91.0 Å². The number of rotatable bonds is 10. The van der Waals surface area contributed by atoms with Crippen LogP contribution >= 0.6 is 0 Å². The maximum Gasteiger partial charge on any atom is 0.0950 e. The Labute approximate surface area is 119 Å². The summed E-state index contributed by atoms with van der Waals surface area (Å²) < 4.78 is 2.35. The quantitative estimate of drug-likeness (QED) is 0.495. The highest BCUT2D eigenvalue weighted by Gasteiger charge is 2.16. The van der Waals surface area contributed by atoms with Crippen LogP contribution in [0.25, 0.3) is 0 Å². The first-order valence-corrected chi connectivity index (χ1v) is 8.22. The van der Waals surface area contributed by atoms with Crippen LogP contribution in [-0.2, 0) is 0 Å². The van der Waals surface area contributed by atoms with Gasteiger partial charge < -0.3 is 4.57 Å². The molecule has 1 rings (SSSR count). The minimum atomic E-state index is 0.525. The molecule has 0 bridgehead atoms. The molecule has 1 aromatic rings. The molecule has 0 radical (unpaired) electrons. The lowest BCUT2D eigenvalue weighted by Gasteiger charge is -2.20.